The third kappa shape index (κ3) is 2.49. The van der Waals surface area contributed by atoms with Gasteiger partial charge in [-0.2, -0.15) is 4.98 Å². The summed E-state index contributed by atoms with van der Waals surface area (Å²) in [5, 5.41) is 3.50. The van der Waals surface area contributed by atoms with Gasteiger partial charge in [0.25, 0.3) is 0 Å². The molecule has 2 aromatic rings. The molecule has 0 amide bonds. The standard InChI is InChI=1S/C18H17F2N3O2/c19-13-2-1-10(3-14(13)20)8-25-16-5-15-22-18(6-11-4-12(11)7-18)9-23(15)17(24)21-16/h1-3,5,11-12,22H,4,6-9H2. The van der Waals surface area contributed by atoms with Crippen LogP contribution in [0.3, 0.4) is 0 Å². The maximum absolute atomic E-state index is 13.2. The van der Waals surface area contributed by atoms with E-state index in [1.807, 2.05) is 0 Å². The van der Waals surface area contributed by atoms with E-state index in [2.05, 4.69) is 10.3 Å². The molecule has 2 fully saturated rings. The van der Waals surface area contributed by atoms with Gasteiger partial charge < -0.3 is 10.1 Å². The molecule has 2 saturated carbocycles. The number of aromatic nitrogens is 2. The highest BCUT2D eigenvalue weighted by Gasteiger charge is 2.56. The number of ether oxygens (including phenoxy) is 1. The van der Waals surface area contributed by atoms with E-state index in [0.29, 0.717) is 12.1 Å². The summed E-state index contributed by atoms with van der Waals surface area (Å²) in [6.07, 6.45) is 3.52. The zero-order chi connectivity index (χ0) is 17.2. The van der Waals surface area contributed by atoms with Gasteiger partial charge in [0, 0.05) is 6.07 Å². The molecule has 3 aliphatic rings. The Labute approximate surface area is 142 Å². The molecule has 2 atom stereocenters. The van der Waals surface area contributed by atoms with Crippen molar-refractivity contribution >= 4 is 5.82 Å². The monoisotopic (exact) mass is 345 g/mol. The zero-order valence-corrected chi connectivity index (χ0v) is 13.5. The van der Waals surface area contributed by atoms with Gasteiger partial charge in [-0.25, -0.2) is 13.6 Å². The largest absolute Gasteiger partial charge is 0.473 e. The summed E-state index contributed by atoms with van der Waals surface area (Å²) >= 11 is 0. The molecule has 5 rings (SSSR count). The average molecular weight is 345 g/mol. The van der Waals surface area contributed by atoms with Crippen molar-refractivity contribution < 1.29 is 13.5 Å². The molecule has 1 aliphatic heterocycles. The van der Waals surface area contributed by atoms with Crippen LogP contribution in [0, 0.1) is 23.5 Å². The Bertz CT molecular complexity index is 917. The second-order valence-corrected chi connectivity index (χ2v) is 7.45. The van der Waals surface area contributed by atoms with Crippen molar-refractivity contribution in [2.75, 3.05) is 5.32 Å². The van der Waals surface area contributed by atoms with E-state index in [4.69, 9.17) is 4.74 Å². The molecule has 25 heavy (non-hydrogen) atoms. The van der Waals surface area contributed by atoms with Gasteiger partial charge in [-0.15, -0.1) is 0 Å². The highest BCUT2D eigenvalue weighted by Crippen LogP contribution is 2.58. The molecule has 0 radical (unpaired) electrons. The van der Waals surface area contributed by atoms with Gasteiger partial charge in [-0.3, -0.25) is 4.57 Å². The Morgan fingerprint density at radius 1 is 1.24 bits per heavy atom. The topological polar surface area (TPSA) is 56.1 Å². The predicted molar refractivity (Wildman–Crippen MR) is 86.4 cm³/mol. The van der Waals surface area contributed by atoms with Crippen molar-refractivity contribution in [3.05, 3.63) is 51.9 Å². The van der Waals surface area contributed by atoms with E-state index < -0.39 is 11.6 Å². The van der Waals surface area contributed by atoms with Crippen molar-refractivity contribution in [1.82, 2.24) is 9.55 Å². The number of hydrogen-bond donors (Lipinski definition) is 1. The van der Waals surface area contributed by atoms with Crippen LogP contribution in [-0.4, -0.2) is 15.1 Å². The molecule has 5 nitrogen and oxygen atoms in total. The molecule has 1 spiro atoms. The summed E-state index contributed by atoms with van der Waals surface area (Å²) in [4.78, 5) is 16.3. The van der Waals surface area contributed by atoms with Crippen LogP contribution in [0.2, 0.25) is 0 Å². The molecule has 0 saturated heterocycles. The zero-order valence-electron chi connectivity index (χ0n) is 13.5. The number of hydrogen-bond acceptors (Lipinski definition) is 4. The van der Waals surface area contributed by atoms with Gasteiger partial charge in [-0.05, 0) is 48.8 Å². The molecule has 0 bridgehead atoms. The predicted octanol–water partition coefficient (Wildman–Crippen LogP) is 2.69. The van der Waals surface area contributed by atoms with Crippen LogP contribution in [0.15, 0.2) is 29.1 Å². The number of anilines is 1. The minimum Gasteiger partial charge on any atom is -0.473 e. The Hall–Kier alpha value is -2.44. The quantitative estimate of drug-likeness (QED) is 0.929. The normalized spacial score (nSPS) is 28.6. The molecule has 2 aliphatic carbocycles. The van der Waals surface area contributed by atoms with Crippen molar-refractivity contribution in [3.8, 4) is 5.88 Å². The molecule has 2 heterocycles. The van der Waals surface area contributed by atoms with Crippen LogP contribution in [0.4, 0.5) is 14.6 Å². The van der Waals surface area contributed by atoms with Crippen LogP contribution in [0.1, 0.15) is 24.8 Å². The number of halogens is 2. The summed E-state index contributed by atoms with van der Waals surface area (Å²) in [6, 6.07) is 5.28. The lowest BCUT2D eigenvalue weighted by molar-refractivity contribution is 0.290. The summed E-state index contributed by atoms with van der Waals surface area (Å²) in [5.74, 6) is 0.688. The maximum Gasteiger partial charge on any atom is 0.352 e. The van der Waals surface area contributed by atoms with Gasteiger partial charge in [0.15, 0.2) is 11.6 Å². The van der Waals surface area contributed by atoms with Gasteiger partial charge in [0.1, 0.15) is 12.4 Å². The first-order valence-electron chi connectivity index (χ1n) is 8.48. The summed E-state index contributed by atoms with van der Waals surface area (Å²) in [6.45, 7) is 0.674. The molecule has 1 N–H and O–H groups in total. The van der Waals surface area contributed by atoms with Crippen LogP contribution >= 0.6 is 0 Å². The number of nitrogens with zero attached hydrogens (tertiary/aromatic N) is 2. The Balaban J connectivity index is 1.34. The fourth-order valence-electron chi connectivity index (χ4n) is 4.34. The average Bonchev–Trinajstić information content (AvgIpc) is 3.03. The number of benzene rings is 1. The first-order chi connectivity index (χ1) is 12.0. The Morgan fingerprint density at radius 3 is 2.80 bits per heavy atom. The fourth-order valence-corrected chi connectivity index (χ4v) is 4.34. The SMILES string of the molecule is O=c1nc(OCc2ccc(F)c(F)c2)cc2n1CC1(CC3CC3C1)N2. The second kappa shape index (κ2) is 5.03. The van der Waals surface area contributed by atoms with E-state index >= 15 is 0 Å². The van der Waals surface area contributed by atoms with Crippen molar-refractivity contribution in [3.63, 3.8) is 0 Å². The minimum absolute atomic E-state index is 0.0138. The van der Waals surface area contributed by atoms with Crippen LogP contribution in [-0.2, 0) is 13.2 Å². The first kappa shape index (κ1) is 14.9. The van der Waals surface area contributed by atoms with Gasteiger partial charge in [0.2, 0.25) is 5.88 Å². The highest BCUT2D eigenvalue weighted by molar-refractivity contribution is 5.47. The Kier molecular flexibility index (Phi) is 2.99. The number of nitrogens with one attached hydrogen (secondary N) is 1. The summed E-state index contributed by atoms with van der Waals surface area (Å²) < 4.78 is 33.4. The smallest absolute Gasteiger partial charge is 0.352 e. The third-order valence-electron chi connectivity index (χ3n) is 5.59. The fraction of sp³-hybridized carbons (Fsp3) is 0.444. The molecular formula is C18H17F2N3O2. The van der Waals surface area contributed by atoms with Gasteiger partial charge >= 0.3 is 5.69 Å². The lowest BCUT2D eigenvalue weighted by atomic mass is 9.94. The van der Waals surface area contributed by atoms with E-state index in [1.165, 1.54) is 12.5 Å². The molecular weight excluding hydrogens is 328 g/mol. The van der Waals surface area contributed by atoms with Crippen LogP contribution in [0.5, 0.6) is 5.88 Å². The molecule has 7 heteroatoms. The van der Waals surface area contributed by atoms with Crippen molar-refractivity contribution in [2.24, 2.45) is 11.8 Å². The van der Waals surface area contributed by atoms with Crippen LogP contribution < -0.4 is 15.7 Å². The maximum atomic E-state index is 13.2. The van der Waals surface area contributed by atoms with E-state index in [0.717, 1.165) is 42.6 Å². The van der Waals surface area contributed by atoms with E-state index in [1.54, 1.807) is 10.6 Å². The molecule has 130 valence electrons. The van der Waals surface area contributed by atoms with E-state index in [-0.39, 0.29) is 23.7 Å². The van der Waals surface area contributed by atoms with Gasteiger partial charge in [-0.1, -0.05) is 6.07 Å². The molecule has 1 aromatic carbocycles. The lowest BCUT2D eigenvalue weighted by Gasteiger charge is -2.24. The highest BCUT2D eigenvalue weighted by atomic mass is 19.2. The molecule has 1 aromatic heterocycles. The van der Waals surface area contributed by atoms with E-state index in [9.17, 15) is 13.6 Å². The van der Waals surface area contributed by atoms with Crippen molar-refractivity contribution in [1.29, 1.82) is 0 Å². The molecule has 2 unspecified atom stereocenters. The first-order valence-corrected chi connectivity index (χ1v) is 8.48. The summed E-state index contributed by atoms with van der Waals surface area (Å²) in [7, 11) is 0. The number of fused-ring (bicyclic) bond motifs is 2. The van der Waals surface area contributed by atoms with Gasteiger partial charge in [0.05, 0.1) is 12.1 Å². The lowest BCUT2D eigenvalue weighted by Crippen LogP contribution is -2.35. The number of rotatable bonds is 3. The summed E-state index contributed by atoms with van der Waals surface area (Å²) in [5.41, 5.74) is 0.115. The minimum atomic E-state index is -0.925. The van der Waals surface area contributed by atoms with Crippen molar-refractivity contribution in [2.45, 2.75) is 38.0 Å². The Morgan fingerprint density at radius 2 is 2.04 bits per heavy atom. The van der Waals surface area contributed by atoms with Crippen LogP contribution in [0.25, 0.3) is 0 Å². The second-order valence-electron chi connectivity index (χ2n) is 7.45. The third-order valence-corrected chi connectivity index (χ3v) is 5.59.